The number of ether oxygens (including phenoxy) is 2. The largest absolute Gasteiger partial charge is 0.493 e. The highest BCUT2D eigenvalue weighted by molar-refractivity contribution is 5.98. The fraction of sp³-hybridized carbons (Fsp3) is 0.389. The van der Waals surface area contributed by atoms with Gasteiger partial charge in [-0.05, 0) is 56.9 Å². The molecule has 0 aliphatic carbocycles. The average molecular weight is 345 g/mol. The third-order valence-corrected chi connectivity index (χ3v) is 3.94. The summed E-state index contributed by atoms with van der Waals surface area (Å²) >= 11 is 0. The third-order valence-electron chi connectivity index (χ3n) is 3.94. The van der Waals surface area contributed by atoms with Crippen molar-refractivity contribution < 1.29 is 18.8 Å². The highest BCUT2D eigenvalue weighted by Gasteiger charge is 2.18. The molecule has 0 unspecified atom stereocenters. The van der Waals surface area contributed by atoms with Crippen LogP contribution in [0.25, 0.3) is 0 Å². The van der Waals surface area contributed by atoms with E-state index in [4.69, 9.17) is 20.4 Å². The van der Waals surface area contributed by atoms with Crippen LogP contribution in [0.15, 0.2) is 16.7 Å². The van der Waals surface area contributed by atoms with Crippen LogP contribution in [0.4, 0.5) is 0 Å². The monoisotopic (exact) mass is 345 g/mol. The van der Waals surface area contributed by atoms with Crippen LogP contribution in [0.1, 0.15) is 44.9 Å². The molecule has 0 aliphatic rings. The van der Waals surface area contributed by atoms with Crippen molar-refractivity contribution in [2.24, 2.45) is 5.73 Å². The van der Waals surface area contributed by atoms with E-state index in [0.29, 0.717) is 12.2 Å². The van der Waals surface area contributed by atoms with Gasteiger partial charge in [0.1, 0.15) is 11.5 Å². The molecule has 0 bridgehead atoms. The van der Waals surface area contributed by atoms with Crippen LogP contribution in [0.2, 0.25) is 0 Å². The van der Waals surface area contributed by atoms with Crippen molar-refractivity contribution in [3.63, 3.8) is 0 Å². The Kier molecular flexibility index (Phi) is 5.80. The normalized spacial score (nSPS) is 10.6. The zero-order valence-corrected chi connectivity index (χ0v) is 14.9. The first kappa shape index (κ1) is 18.5. The average Bonchev–Trinajstić information content (AvgIpc) is 2.94. The lowest BCUT2D eigenvalue weighted by atomic mass is 9.98. The first-order valence-electron chi connectivity index (χ1n) is 8.01. The number of hydrogen-bond acceptors (Lipinski definition) is 6. The molecule has 1 aromatic heterocycles. The Morgan fingerprint density at radius 2 is 1.96 bits per heavy atom. The minimum Gasteiger partial charge on any atom is -0.493 e. The summed E-state index contributed by atoms with van der Waals surface area (Å²) < 4.78 is 15.8. The Morgan fingerprint density at radius 3 is 2.56 bits per heavy atom. The van der Waals surface area contributed by atoms with Crippen LogP contribution in [0, 0.1) is 33.1 Å². The maximum Gasteiger partial charge on any atom is 0.346 e. The van der Waals surface area contributed by atoms with Gasteiger partial charge in [0, 0.05) is 12.5 Å². The van der Waals surface area contributed by atoms with Crippen LogP contribution < -0.4 is 10.5 Å². The number of aromatic nitrogens is 1. The van der Waals surface area contributed by atoms with Crippen molar-refractivity contribution in [2.45, 2.75) is 40.5 Å². The summed E-state index contributed by atoms with van der Waals surface area (Å²) in [6, 6.07) is 2.99. The van der Waals surface area contributed by atoms with E-state index in [0.717, 1.165) is 46.7 Å². The second kappa shape index (κ2) is 7.83. The van der Waals surface area contributed by atoms with Crippen molar-refractivity contribution in [1.29, 1.82) is 5.41 Å². The second-order valence-corrected chi connectivity index (χ2v) is 5.96. The standard InChI is InChI=1S/C18H23N3O4/c1-10-8-15(17(22)24-18(19)20)12(3)13(4)16(10)23-7-5-6-14-9-11(2)21-25-14/h8-9H,5-7H2,1-4H3,(H3,19,20). The molecule has 2 rings (SSSR count). The zero-order valence-electron chi connectivity index (χ0n) is 14.9. The third kappa shape index (κ3) is 4.59. The number of amidine groups is 1. The van der Waals surface area contributed by atoms with Gasteiger partial charge in [-0.25, -0.2) is 4.79 Å². The number of rotatable bonds is 6. The summed E-state index contributed by atoms with van der Waals surface area (Å²) in [6.07, 6.45) is 1.54. The van der Waals surface area contributed by atoms with E-state index in [1.165, 1.54) is 0 Å². The van der Waals surface area contributed by atoms with E-state index in [1.54, 1.807) is 6.07 Å². The van der Waals surface area contributed by atoms with Crippen molar-refractivity contribution >= 4 is 12.0 Å². The van der Waals surface area contributed by atoms with Gasteiger partial charge in [0.15, 0.2) is 0 Å². The molecule has 0 fully saturated rings. The Bertz CT molecular complexity index is 796. The van der Waals surface area contributed by atoms with E-state index in [2.05, 4.69) is 9.89 Å². The van der Waals surface area contributed by atoms with Gasteiger partial charge in [0.25, 0.3) is 6.02 Å². The van der Waals surface area contributed by atoms with Gasteiger partial charge in [-0.1, -0.05) is 5.16 Å². The Hall–Kier alpha value is -2.83. The molecule has 134 valence electrons. The summed E-state index contributed by atoms with van der Waals surface area (Å²) in [6.45, 7) is 7.99. The fourth-order valence-electron chi connectivity index (χ4n) is 2.60. The summed E-state index contributed by atoms with van der Waals surface area (Å²) in [7, 11) is 0. The molecule has 2 aromatic rings. The van der Waals surface area contributed by atoms with E-state index < -0.39 is 12.0 Å². The maximum atomic E-state index is 12.0. The number of benzene rings is 1. The van der Waals surface area contributed by atoms with E-state index in [-0.39, 0.29) is 0 Å². The molecular formula is C18H23N3O4. The van der Waals surface area contributed by atoms with Gasteiger partial charge in [-0.2, -0.15) is 0 Å². The van der Waals surface area contributed by atoms with E-state index in [9.17, 15) is 4.79 Å². The van der Waals surface area contributed by atoms with Crippen molar-refractivity contribution in [1.82, 2.24) is 5.16 Å². The van der Waals surface area contributed by atoms with Gasteiger partial charge in [0.2, 0.25) is 0 Å². The number of esters is 1. The number of nitrogens with one attached hydrogen (secondary N) is 1. The van der Waals surface area contributed by atoms with E-state index >= 15 is 0 Å². The summed E-state index contributed by atoms with van der Waals surface area (Å²) in [5.74, 6) is 0.960. The minimum absolute atomic E-state index is 0.384. The van der Waals surface area contributed by atoms with Gasteiger partial charge in [-0.3, -0.25) is 5.41 Å². The molecule has 1 aromatic carbocycles. The topological polar surface area (TPSA) is 111 Å². The summed E-state index contributed by atoms with van der Waals surface area (Å²) in [4.78, 5) is 12.0. The van der Waals surface area contributed by atoms with Crippen LogP contribution in [0.3, 0.4) is 0 Å². The predicted octanol–water partition coefficient (Wildman–Crippen LogP) is 2.97. The molecule has 7 nitrogen and oxygen atoms in total. The lowest BCUT2D eigenvalue weighted by Crippen LogP contribution is -2.20. The number of nitrogens with zero attached hydrogens (tertiary/aromatic N) is 1. The molecule has 0 amide bonds. The first-order chi connectivity index (χ1) is 11.8. The van der Waals surface area contributed by atoms with Crippen LogP contribution in [-0.4, -0.2) is 23.8 Å². The lowest BCUT2D eigenvalue weighted by Gasteiger charge is -2.16. The quantitative estimate of drug-likeness (QED) is 0.360. The number of carbonyl (C=O) groups excluding carboxylic acids is 1. The lowest BCUT2D eigenvalue weighted by molar-refractivity contribution is 0.0711. The van der Waals surface area contributed by atoms with Crippen molar-refractivity contribution in [3.8, 4) is 5.75 Å². The summed E-state index contributed by atoms with van der Waals surface area (Å²) in [5, 5.41) is 10.9. The minimum atomic E-state index is -0.636. The van der Waals surface area contributed by atoms with Crippen LogP contribution in [0.5, 0.6) is 5.75 Å². The molecule has 1 heterocycles. The fourth-order valence-corrected chi connectivity index (χ4v) is 2.60. The maximum absolute atomic E-state index is 12.0. The highest BCUT2D eigenvalue weighted by atomic mass is 16.5. The number of hydrogen-bond donors (Lipinski definition) is 2. The molecule has 0 atom stereocenters. The molecule has 0 aliphatic heterocycles. The van der Waals surface area contributed by atoms with Crippen LogP contribution >= 0.6 is 0 Å². The second-order valence-electron chi connectivity index (χ2n) is 5.96. The Labute approximate surface area is 146 Å². The number of carbonyl (C=O) groups is 1. The van der Waals surface area contributed by atoms with E-state index in [1.807, 2.05) is 33.8 Å². The molecular weight excluding hydrogens is 322 g/mol. The number of nitrogens with two attached hydrogens (primary N) is 1. The Morgan fingerprint density at radius 1 is 1.24 bits per heavy atom. The van der Waals surface area contributed by atoms with Gasteiger partial charge < -0.3 is 19.7 Å². The smallest absolute Gasteiger partial charge is 0.346 e. The number of aryl methyl sites for hydroxylation is 3. The van der Waals surface area contributed by atoms with Gasteiger partial charge in [0.05, 0.1) is 17.9 Å². The highest BCUT2D eigenvalue weighted by Crippen LogP contribution is 2.29. The molecule has 25 heavy (non-hydrogen) atoms. The molecule has 3 N–H and O–H groups in total. The first-order valence-corrected chi connectivity index (χ1v) is 8.01. The predicted molar refractivity (Wildman–Crippen MR) is 93.0 cm³/mol. The zero-order chi connectivity index (χ0) is 18.6. The van der Waals surface area contributed by atoms with Crippen molar-refractivity contribution in [3.05, 3.63) is 45.8 Å². The molecule has 0 spiro atoms. The molecule has 7 heteroatoms. The van der Waals surface area contributed by atoms with Gasteiger partial charge in [-0.15, -0.1) is 0 Å². The summed E-state index contributed by atoms with van der Waals surface area (Å²) in [5.41, 5.74) is 8.81. The molecule has 0 saturated carbocycles. The van der Waals surface area contributed by atoms with Gasteiger partial charge >= 0.3 is 5.97 Å². The Balaban J connectivity index is 2.04. The molecule has 0 saturated heterocycles. The molecule has 0 radical (unpaired) electrons. The van der Waals surface area contributed by atoms with Crippen molar-refractivity contribution in [2.75, 3.05) is 6.61 Å². The van der Waals surface area contributed by atoms with Crippen LogP contribution in [-0.2, 0) is 11.2 Å². The SMILES string of the molecule is Cc1cc(CCCOc2c(C)cc(C(=O)OC(=N)N)c(C)c2C)on1.